The van der Waals surface area contributed by atoms with Crippen molar-refractivity contribution in [2.24, 2.45) is 0 Å². The van der Waals surface area contributed by atoms with E-state index in [0.717, 1.165) is 23.5 Å². The van der Waals surface area contributed by atoms with E-state index in [1.54, 1.807) is 12.1 Å². The summed E-state index contributed by atoms with van der Waals surface area (Å²) in [5.41, 5.74) is 3.12. The lowest BCUT2D eigenvalue weighted by atomic mass is 9.96. The summed E-state index contributed by atoms with van der Waals surface area (Å²) in [4.78, 5) is 0. The molecule has 112 valence electrons. The van der Waals surface area contributed by atoms with E-state index in [0.29, 0.717) is 11.3 Å². The molecule has 0 aliphatic heterocycles. The Morgan fingerprint density at radius 1 is 1.19 bits per heavy atom. The summed E-state index contributed by atoms with van der Waals surface area (Å²) in [6.07, 6.45) is 0. The molecule has 0 saturated carbocycles. The van der Waals surface area contributed by atoms with Crippen molar-refractivity contribution in [1.29, 1.82) is 0 Å². The molecule has 21 heavy (non-hydrogen) atoms. The van der Waals surface area contributed by atoms with Gasteiger partial charge in [-0.15, -0.1) is 0 Å². The van der Waals surface area contributed by atoms with Gasteiger partial charge in [-0.2, -0.15) is 10.2 Å². The molecule has 1 aromatic heterocycles. The summed E-state index contributed by atoms with van der Waals surface area (Å²) in [5.74, 6) is 0.210. The topological polar surface area (TPSA) is 47.0 Å². The maximum absolute atomic E-state index is 14.4. The number of nitrogens with zero attached hydrogens (tertiary/aromatic N) is 2. The molecular formula is C16H20FN3O. The lowest BCUT2D eigenvalue weighted by molar-refractivity contribution is 0.410. The molecule has 0 saturated heterocycles. The van der Waals surface area contributed by atoms with Crippen molar-refractivity contribution in [2.75, 3.05) is 13.7 Å². The lowest BCUT2D eigenvalue weighted by Crippen LogP contribution is -2.24. The number of aromatic nitrogens is 2. The predicted molar refractivity (Wildman–Crippen MR) is 80.0 cm³/mol. The van der Waals surface area contributed by atoms with Crippen LogP contribution < -0.4 is 10.1 Å². The second kappa shape index (κ2) is 6.63. The zero-order valence-electron chi connectivity index (χ0n) is 12.8. The van der Waals surface area contributed by atoms with Crippen molar-refractivity contribution in [2.45, 2.75) is 26.8 Å². The van der Waals surface area contributed by atoms with Crippen LogP contribution in [0.2, 0.25) is 0 Å². The quantitative estimate of drug-likeness (QED) is 0.919. The van der Waals surface area contributed by atoms with Gasteiger partial charge in [-0.3, -0.25) is 0 Å². The largest absolute Gasteiger partial charge is 0.497 e. The zero-order chi connectivity index (χ0) is 15.4. The minimum atomic E-state index is -0.297. The molecular weight excluding hydrogens is 269 g/mol. The molecule has 0 fully saturated rings. The first kappa shape index (κ1) is 15.4. The maximum atomic E-state index is 14.4. The number of methoxy groups -OCH3 is 1. The zero-order valence-corrected chi connectivity index (χ0v) is 12.8. The summed E-state index contributed by atoms with van der Waals surface area (Å²) < 4.78 is 19.4. The minimum Gasteiger partial charge on any atom is -0.497 e. The number of halogens is 1. The molecule has 0 spiro atoms. The van der Waals surface area contributed by atoms with Crippen LogP contribution in [-0.2, 0) is 0 Å². The van der Waals surface area contributed by atoms with Gasteiger partial charge in [0.05, 0.1) is 24.5 Å². The number of hydrogen-bond donors (Lipinski definition) is 1. The Hall–Kier alpha value is -2.01. The fourth-order valence-corrected chi connectivity index (χ4v) is 2.32. The predicted octanol–water partition coefficient (Wildman–Crippen LogP) is 2.94. The SMILES string of the molecule is CCNC(c1ccc(OC)cc1F)c1cc(C)nnc1C. The molecule has 1 unspecified atom stereocenters. The van der Waals surface area contributed by atoms with Crippen LogP contribution in [0.15, 0.2) is 24.3 Å². The van der Waals surface area contributed by atoms with Gasteiger partial charge in [0.15, 0.2) is 0 Å². The average molecular weight is 289 g/mol. The van der Waals surface area contributed by atoms with Crippen LogP contribution in [0.1, 0.15) is 35.5 Å². The van der Waals surface area contributed by atoms with E-state index in [9.17, 15) is 4.39 Å². The fourth-order valence-electron chi connectivity index (χ4n) is 2.32. The van der Waals surface area contributed by atoms with Crippen LogP contribution in [0, 0.1) is 19.7 Å². The fraction of sp³-hybridized carbons (Fsp3) is 0.375. The highest BCUT2D eigenvalue weighted by atomic mass is 19.1. The van der Waals surface area contributed by atoms with Gasteiger partial charge in [0.25, 0.3) is 0 Å². The minimum absolute atomic E-state index is 0.255. The number of aryl methyl sites for hydroxylation is 2. The van der Waals surface area contributed by atoms with Crippen LogP contribution in [0.3, 0.4) is 0 Å². The molecule has 0 radical (unpaired) electrons. The molecule has 2 aromatic rings. The molecule has 0 aliphatic rings. The molecule has 1 N–H and O–H groups in total. The smallest absolute Gasteiger partial charge is 0.132 e. The van der Waals surface area contributed by atoms with E-state index in [-0.39, 0.29) is 11.9 Å². The van der Waals surface area contributed by atoms with Crippen molar-refractivity contribution >= 4 is 0 Å². The molecule has 1 aromatic carbocycles. The van der Waals surface area contributed by atoms with Crippen molar-refractivity contribution in [1.82, 2.24) is 15.5 Å². The number of nitrogens with one attached hydrogen (secondary N) is 1. The first-order valence-corrected chi connectivity index (χ1v) is 6.94. The molecule has 5 heteroatoms. The van der Waals surface area contributed by atoms with Crippen molar-refractivity contribution < 1.29 is 9.13 Å². The molecule has 0 amide bonds. The number of rotatable bonds is 5. The maximum Gasteiger partial charge on any atom is 0.132 e. The van der Waals surface area contributed by atoms with Crippen LogP contribution in [0.4, 0.5) is 4.39 Å². The molecule has 0 bridgehead atoms. The average Bonchev–Trinajstić information content (AvgIpc) is 2.48. The lowest BCUT2D eigenvalue weighted by Gasteiger charge is -2.21. The summed E-state index contributed by atoms with van der Waals surface area (Å²) in [6.45, 7) is 6.47. The van der Waals surface area contributed by atoms with Gasteiger partial charge in [0.1, 0.15) is 11.6 Å². The van der Waals surface area contributed by atoms with Gasteiger partial charge in [-0.05, 0) is 38.1 Å². The Balaban J connectivity index is 2.50. The molecule has 4 nitrogen and oxygen atoms in total. The third kappa shape index (κ3) is 3.36. The van der Waals surface area contributed by atoms with Crippen LogP contribution in [-0.4, -0.2) is 23.9 Å². The Kier molecular flexibility index (Phi) is 4.85. The second-order valence-electron chi connectivity index (χ2n) is 4.90. The molecule has 1 heterocycles. The third-order valence-corrected chi connectivity index (χ3v) is 3.38. The van der Waals surface area contributed by atoms with Gasteiger partial charge >= 0.3 is 0 Å². The molecule has 1 atom stereocenters. The van der Waals surface area contributed by atoms with Gasteiger partial charge in [0.2, 0.25) is 0 Å². The summed E-state index contributed by atoms with van der Waals surface area (Å²) >= 11 is 0. The Bertz CT molecular complexity index is 631. The molecule has 0 aliphatic carbocycles. The Morgan fingerprint density at radius 2 is 1.95 bits per heavy atom. The Morgan fingerprint density at radius 3 is 2.57 bits per heavy atom. The molecule has 2 rings (SSSR count). The van der Waals surface area contributed by atoms with E-state index in [4.69, 9.17) is 4.74 Å². The highest BCUT2D eigenvalue weighted by molar-refractivity contribution is 5.38. The standard InChI is InChI=1S/C16H20FN3O/c1-5-18-16(14-8-10(2)19-20-11(14)3)13-7-6-12(21-4)9-15(13)17/h6-9,16,18H,5H2,1-4H3. The first-order valence-electron chi connectivity index (χ1n) is 6.94. The highest BCUT2D eigenvalue weighted by Crippen LogP contribution is 2.28. The van der Waals surface area contributed by atoms with Crippen LogP contribution in [0.5, 0.6) is 5.75 Å². The van der Waals surface area contributed by atoms with Crippen LogP contribution in [0.25, 0.3) is 0 Å². The third-order valence-electron chi connectivity index (χ3n) is 3.38. The summed E-state index contributed by atoms with van der Waals surface area (Å²) in [6, 6.07) is 6.60. The summed E-state index contributed by atoms with van der Waals surface area (Å²) in [7, 11) is 1.52. The second-order valence-corrected chi connectivity index (χ2v) is 4.90. The van der Waals surface area contributed by atoms with E-state index in [1.165, 1.54) is 13.2 Å². The number of ether oxygens (including phenoxy) is 1. The van der Waals surface area contributed by atoms with Gasteiger partial charge in [0, 0.05) is 11.6 Å². The number of benzene rings is 1. The monoisotopic (exact) mass is 289 g/mol. The van der Waals surface area contributed by atoms with Crippen LogP contribution >= 0.6 is 0 Å². The van der Waals surface area contributed by atoms with Crippen molar-refractivity contribution in [3.05, 3.63) is 52.6 Å². The van der Waals surface area contributed by atoms with E-state index in [2.05, 4.69) is 15.5 Å². The van der Waals surface area contributed by atoms with Gasteiger partial charge < -0.3 is 10.1 Å². The van der Waals surface area contributed by atoms with E-state index < -0.39 is 0 Å². The highest BCUT2D eigenvalue weighted by Gasteiger charge is 2.20. The summed E-state index contributed by atoms with van der Waals surface area (Å²) in [5, 5.41) is 11.5. The normalized spacial score (nSPS) is 12.2. The van der Waals surface area contributed by atoms with Crippen molar-refractivity contribution in [3.8, 4) is 5.75 Å². The first-order chi connectivity index (χ1) is 10.1. The number of hydrogen-bond acceptors (Lipinski definition) is 4. The van der Waals surface area contributed by atoms with E-state index in [1.807, 2.05) is 26.8 Å². The van der Waals surface area contributed by atoms with Crippen molar-refractivity contribution in [3.63, 3.8) is 0 Å². The van der Waals surface area contributed by atoms with Gasteiger partial charge in [-0.1, -0.05) is 13.0 Å². The van der Waals surface area contributed by atoms with E-state index >= 15 is 0 Å². The Labute approximate surface area is 124 Å². The van der Waals surface area contributed by atoms with Gasteiger partial charge in [-0.25, -0.2) is 4.39 Å².